The molecule has 0 radical (unpaired) electrons. The van der Waals surface area contributed by atoms with Crippen molar-refractivity contribution in [2.24, 2.45) is 0 Å². The zero-order valence-electron chi connectivity index (χ0n) is 15.6. The first-order valence-corrected chi connectivity index (χ1v) is 8.72. The van der Waals surface area contributed by atoms with E-state index in [4.69, 9.17) is 13.9 Å². The van der Waals surface area contributed by atoms with Crippen molar-refractivity contribution < 1.29 is 23.5 Å². The van der Waals surface area contributed by atoms with Gasteiger partial charge in [-0.2, -0.15) is 0 Å². The fourth-order valence-corrected chi connectivity index (χ4v) is 2.88. The summed E-state index contributed by atoms with van der Waals surface area (Å²) in [4.78, 5) is 28.5. The first-order chi connectivity index (χ1) is 13.3. The normalized spacial score (nSPS) is 15.9. The number of fused-ring (bicyclic) bond motifs is 1. The van der Waals surface area contributed by atoms with Crippen LogP contribution in [-0.2, 0) is 19.1 Å². The topological polar surface area (TPSA) is 90.7 Å². The van der Waals surface area contributed by atoms with Crippen LogP contribution in [0.2, 0.25) is 0 Å². The molecule has 0 saturated carbocycles. The molecule has 0 spiro atoms. The van der Waals surface area contributed by atoms with E-state index in [9.17, 15) is 9.59 Å². The molecule has 0 aliphatic carbocycles. The average molecular weight is 378 g/mol. The number of anilines is 1. The van der Waals surface area contributed by atoms with E-state index >= 15 is 0 Å². The summed E-state index contributed by atoms with van der Waals surface area (Å²) in [6, 6.07) is 13.1. The average Bonchev–Trinajstić information content (AvgIpc) is 3.03. The number of aromatic nitrogens is 1. The molecule has 0 amide bonds. The van der Waals surface area contributed by atoms with Crippen LogP contribution >= 0.6 is 0 Å². The maximum Gasteiger partial charge on any atom is 0.350 e. The van der Waals surface area contributed by atoms with Gasteiger partial charge >= 0.3 is 11.9 Å². The monoisotopic (exact) mass is 378 g/mol. The van der Waals surface area contributed by atoms with E-state index in [1.807, 2.05) is 31.2 Å². The van der Waals surface area contributed by atoms with E-state index in [1.165, 1.54) is 20.0 Å². The summed E-state index contributed by atoms with van der Waals surface area (Å²) in [5, 5.41) is 2.91. The number of aryl methyl sites for hydroxylation is 1. The van der Waals surface area contributed by atoms with Crippen molar-refractivity contribution in [1.29, 1.82) is 0 Å². The van der Waals surface area contributed by atoms with Crippen molar-refractivity contribution in [2.45, 2.75) is 26.6 Å². The summed E-state index contributed by atoms with van der Waals surface area (Å²) < 4.78 is 16.0. The molecule has 0 unspecified atom stereocenters. The van der Waals surface area contributed by atoms with Crippen LogP contribution < -0.4 is 5.32 Å². The van der Waals surface area contributed by atoms with Gasteiger partial charge in [-0.25, -0.2) is 14.6 Å². The Labute approximate surface area is 161 Å². The van der Waals surface area contributed by atoms with E-state index in [-0.39, 0.29) is 5.57 Å². The Morgan fingerprint density at radius 3 is 2.46 bits per heavy atom. The minimum absolute atomic E-state index is 0.208. The fraction of sp³-hybridized carbons (Fsp3) is 0.190. The quantitative estimate of drug-likeness (QED) is 0.419. The first-order valence-electron chi connectivity index (χ1n) is 8.72. The molecule has 1 aliphatic heterocycles. The molecule has 1 aliphatic rings. The molecule has 1 aromatic heterocycles. The molecule has 4 rings (SSSR count). The summed E-state index contributed by atoms with van der Waals surface area (Å²) in [6.45, 7) is 4.99. The number of nitrogens with one attached hydrogen (secondary N) is 1. The second kappa shape index (κ2) is 6.53. The minimum atomic E-state index is -1.27. The summed E-state index contributed by atoms with van der Waals surface area (Å²) in [5.74, 6) is -2.21. The van der Waals surface area contributed by atoms with Crippen LogP contribution in [0.5, 0.6) is 0 Å². The lowest BCUT2D eigenvalue weighted by Crippen LogP contribution is -2.42. The maximum absolute atomic E-state index is 12.0. The van der Waals surface area contributed by atoms with Gasteiger partial charge in [0.05, 0.1) is 0 Å². The maximum atomic E-state index is 12.0. The Kier molecular flexibility index (Phi) is 4.15. The van der Waals surface area contributed by atoms with Crippen LogP contribution in [0.1, 0.15) is 19.4 Å². The Balaban J connectivity index is 1.60. The Morgan fingerprint density at radius 2 is 1.75 bits per heavy atom. The number of oxazole rings is 1. The van der Waals surface area contributed by atoms with Crippen LogP contribution in [0.3, 0.4) is 0 Å². The van der Waals surface area contributed by atoms with Crippen molar-refractivity contribution in [3.8, 4) is 11.5 Å². The van der Waals surface area contributed by atoms with Gasteiger partial charge in [0.2, 0.25) is 5.89 Å². The van der Waals surface area contributed by atoms with Gasteiger partial charge in [0.15, 0.2) is 11.2 Å². The van der Waals surface area contributed by atoms with Gasteiger partial charge in [0, 0.05) is 31.3 Å². The molecule has 7 nitrogen and oxygen atoms in total. The fourth-order valence-electron chi connectivity index (χ4n) is 2.88. The van der Waals surface area contributed by atoms with Crippen molar-refractivity contribution in [3.63, 3.8) is 0 Å². The number of hydrogen-bond acceptors (Lipinski definition) is 7. The van der Waals surface area contributed by atoms with Crippen molar-refractivity contribution in [3.05, 3.63) is 59.8 Å². The van der Waals surface area contributed by atoms with Crippen LogP contribution in [0.15, 0.2) is 58.7 Å². The van der Waals surface area contributed by atoms with E-state index in [2.05, 4.69) is 10.3 Å². The number of cyclic esters (lactones) is 2. The van der Waals surface area contributed by atoms with E-state index in [1.54, 1.807) is 18.2 Å². The van der Waals surface area contributed by atoms with Crippen LogP contribution in [-0.4, -0.2) is 22.7 Å². The lowest BCUT2D eigenvalue weighted by atomic mass is 10.1. The molecule has 142 valence electrons. The van der Waals surface area contributed by atoms with Gasteiger partial charge < -0.3 is 19.2 Å². The number of hydrogen-bond donors (Lipinski definition) is 1. The molecular formula is C21H18N2O5. The van der Waals surface area contributed by atoms with Gasteiger partial charge in [-0.1, -0.05) is 18.2 Å². The number of esters is 2. The second-order valence-corrected chi connectivity index (χ2v) is 6.90. The molecule has 3 aromatic rings. The number of benzene rings is 2. The van der Waals surface area contributed by atoms with E-state index < -0.39 is 17.7 Å². The van der Waals surface area contributed by atoms with Crippen LogP contribution in [0.4, 0.5) is 5.69 Å². The third-order valence-electron chi connectivity index (χ3n) is 4.26. The largest absolute Gasteiger partial charge is 0.436 e. The zero-order chi connectivity index (χ0) is 19.9. The van der Waals surface area contributed by atoms with Crippen molar-refractivity contribution in [1.82, 2.24) is 4.98 Å². The standard InChI is InChI=1S/C21H18N2O5/c1-12-6-4-5-7-14(12)18-23-16-10-13(8-9-17(16)26-18)22-11-15-19(24)27-21(2,3)28-20(15)25/h4-11,22H,1-3H3. The molecule has 2 aromatic carbocycles. The summed E-state index contributed by atoms with van der Waals surface area (Å²) >= 11 is 0. The molecule has 7 heteroatoms. The van der Waals surface area contributed by atoms with Gasteiger partial charge in [-0.05, 0) is 36.8 Å². The third kappa shape index (κ3) is 3.34. The highest BCUT2D eigenvalue weighted by molar-refractivity contribution is 6.15. The summed E-state index contributed by atoms with van der Waals surface area (Å²) in [5.41, 5.74) is 3.70. The highest BCUT2D eigenvalue weighted by Gasteiger charge is 2.38. The SMILES string of the molecule is Cc1ccccc1-c1nc2cc(NC=C3C(=O)OC(C)(C)OC3=O)ccc2o1. The van der Waals surface area contributed by atoms with Gasteiger partial charge in [0.1, 0.15) is 5.52 Å². The predicted molar refractivity (Wildman–Crippen MR) is 102 cm³/mol. The molecule has 1 saturated heterocycles. The van der Waals surface area contributed by atoms with Crippen molar-refractivity contribution in [2.75, 3.05) is 5.32 Å². The smallest absolute Gasteiger partial charge is 0.350 e. The number of carbonyl (C=O) groups is 2. The van der Waals surface area contributed by atoms with E-state index in [0.717, 1.165) is 11.1 Å². The Bertz CT molecular complexity index is 1100. The first kappa shape index (κ1) is 17.8. The zero-order valence-corrected chi connectivity index (χ0v) is 15.6. The van der Waals surface area contributed by atoms with Gasteiger partial charge in [0.25, 0.3) is 5.79 Å². The molecule has 28 heavy (non-hydrogen) atoms. The Hall–Kier alpha value is -3.61. The van der Waals surface area contributed by atoms with Gasteiger partial charge in [-0.3, -0.25) is 0 Å². The van der Waals surface area contributed by atoms with Crippen LogP contribution in [0, 0.1) is 6.92 Å². The molecule has 0 bridgehead atoms. The molecule has 2 heterocycles. The lowest BCUT2D eigenvalue weighted by molar-refractivity contribution is -0.222. The second-order valence-electron chi connectivity index (χ2n) is 6.90. The number of carbonyl (C=O) groups excluding carboxylic acids is 2. The number of rotatable bonds is 3. The lowest BCUT2D eigenvalue weighted by Gasteiger charge is -2.29. The van der Waals surface area contributed by atoms with Gasteiger partial charge in [-0.15, -0.1) is 0 Å². The molecule has 0 atom stereocenters. The molecule has 1 fully saturated rings. The highest BCUT2D eigenvalue weighted by Crippen LogP contribution is 2.28. The highest BCUT2D eigenvalue weighted by atomic mass is 16.7. The minimum Gasteiger partial charge on any atom is -0.436 e. The Morgan fingerprint density at radius 1 is 1.04 bits per heavy atom. The summed E-state index contributed by atoms with van der Waals surface area (Å²) in [6.07, 6.45) is 1.27. The van der Waals surface area contributed by atoms with E-state index in [0.29, 0.717) is 22.7 Å². The number of ether oxygens (including phenoxy) is 2. The molecule has 1 N–H and O–H groups in total. The van der Waals surface area contributed by atoms with Crippen molar-refractivity contribution >= 4 is 28.7 Å². The molecular weight excluding hydrogens is 360 g/mol. The summed E-state index contributed by atoms with van der Waals surface area (Å²) in [7, 11) is 0. The number of nitrogens with zero attached hydrogens (tertiary/aromatic N) is 1. The predicted octanol–water partition coefficient (Wildman–Crippen LogP) is 3.94. The van der Waals surface area contributed by atoms with Crippen LogP contribution in [0.25, 0.3) is 22.6 Å². The third-order valence-corrected chi connectivity index (χ3v) is 4.26.